The van der Waals surface area contributed by atoms with Crippen LogP contribution in [-0.4, -0.2) is 36.3 Å². The lowest BCUT2D eigenvalue weighted by Gasteiger charge is -2.27. The fourth-order valence-corrected chi connectivity index (χ4v) is 3.17. The summed E-state index contributed by atoms with van der Waals surface area (Å²) in [6.07, 6.45) is 1.32. The standard InChI is InChI=1S/C18H23NO4.ClH/c1-3-12-16(4-2)23-18-13(17(12)21)5-6-15(20)14(18)11-19-7-9-22-10-8-19;/h5-6,20H,3-4,7-11H2,1-2H3;1H. The maximum Gasteiger partial charge on any atom is 0.196 e. The zero-order chi connectivity index (χ0) is 16.4. The highest BCUT2D eigenvalue weighted by Gasteiger charge is 2.20. The number of nitrogens with zero attached hydrogens (tertiary/aromatic N) is 1. The van der Waals surface area contributed by atoms with Crippen molar-refractivity contribution in [3.63, 3.8) is 0 Å². The largest absolute Gasteiger partial charge is 0.507 e. The first-order valence-corrected chi connectivity index (χ1v) is 8.25. The van der Waals surface area contributed by atoms with E-state index in [0.717, 1.165) is 24.4 Å². The Labute approximate surface area is 147 Å². The van der Waals surface area contributed by atoms with Crippen LogP contribution < -0.4 is 5.43 Å². The summed E-state index contributed by atoms with van der Waals surface area (Å²) < 4.78 is 11.4. The number of phenols is 1. The molecular formula is C18H24ClNO4. The van der Waals surface area contributed by atoms with Gasteiger partial charge in [0.1, 0.15) is 17.1 Å². The van der Waals surface area contributed by atoms with Crippen LogP contribution in [0.2, 0.25) is 0 Å². The molecule has 1 aliphatic heterocycles. The Kier molecular flexibility index (Phi) is 6.27. The average molecular weight is 354 g/mol. The van der Waals surface area contributed by atoms with Gasteiger partial charge in [0.2, 0.25) is 0 Å². The van der Waals surface area contributed by atoms with Gasteiger partial charge in [-0.25, -0.2) is 0 Å². The molecule has 24 heavy (non-hydrogen) atoms. The third kappa shape index (κ3) is 3.43. The number of morpholine rings is 1. The maximum absolute atomic E-state index is 12.7. The molecule has 1 aromatic heterocycles. The third-order valence-corrected chi connectivity index (χ3v) is 4.48. The predicted octanol–water partition coefficient (Wildman–Crippen LogP) is 2.88. The van der Waals surface area contributed by atoms with Gasteiger partial charge in [0.15, 0.2) is 5.43 Å². The number of rotatable bonds is 4. The number of hydrogen-bond acceptors (Lipinski definition) is 5. The number of halogens is 1. The first kappa shape index (κ1) is 18.8. The van der Waals surface area contributed by atoms with Crippen LogP contribution in [0.5, 0.6) is 5.75 Å². The van der Waals surface area contributed by atoms with E-state index in [0.29, 0.717) is 49.1 Å². The van der Waals surface area contributed by atoms with Crippen molar-refractivity contribution in [1.82, 2.24) is 4.90 Å². The van der Waals surface area contributed by atoms with E-state index in [1.165, 1.54) is 0 Å². The summed E-state index contributed by atoms with van der Waals surface area (Å²) in [5.74, 6) is 0.900. The highest BCUT2D eigenvalue weighted by molar-refractivity contribution is 5.85. The van der Waals surface area contributed by atoms with Crippen molar-refractivity contribution in [2.75, 3.05) is 26.3 Å². The Morgan fingerprint density at radius 2 is 1.83 bits per heavy atom. The van der Waals surface area contributed by atoms with Gasteiger partial charge < -0.3 is 14.3 Å². The summed E-state index contributed by atoms with van der Waals surface area (Å²) in [5, 5.41) is 10.9. The molecule has 1 N–H and O–H groups in total. The fourth-order valence-electron chi connectivity index (χ4n) is 3.17. The number of benzene rings is 1. The number of hydrogen-bond donors (Lipinski definition) is 1. The minimum Gasteiger partial charge on any atom is -0.507 e. The van der Waals surface area contributed by atoms with Gasteiger partial charge in [-0.15, -0.1) is 12.4 Å². The summed E-state index contributed by atoms with van der Waals surface area (Å²) in [4.78, 5) is 14.9. The molecule has 0 atom stereocenters. The molecule has 0 spiro atoms. The van der Waals surface area contributed by atoms with Crippen LogP contribution in [0.3, 0.4) is 0 Å². The number of aromatic hydroxyl groups is 1. The van der Waals surface area contributed by atoms with Crippen LogP contribution >= 0.6 is 12.4 Å². The minimum atomic E-state index is 0. The van der Waals surface area contributed by atoms with Crippen molar-refractivity contribution < 1.29 is 14.3 Å². The van der Waals surface area contributed by atoms with E-state index in [-0.39, 0.29) is 23.6 Å². The number of fused-ring (bicyclic) bond motifs is 1. The average Bonchev–Trinajstić information content (AvgIpc) is 2.58. The van der Waals surface area contributed by atoms with Crippen molar-refractivity contribution in [2.45, 2.75) is 33.2 Å². The molecule has 0 amide bonds. The number of ether oxygens (including phenoxy) is 1. The van der Waals surface area contributed by atoms with E-state index in [2.05, 4.69) is 4.90 Å². The van der Waals surface area contributed by atoms with Crippen LogP contribution in [0, 0.1) is 0 Å². The molecule has 0 unspecified atom stereocenters. The normalized spacial score (nSPS) is 15.4. The van der Waals surface area contributed by atoms with Gasteiger partial charge in [0.05, 0.1) is 24.2 Å². The van der Waals surface area contributed by atoms with Crippen molar-refractivity contribution in [3.8, 4) is 5.75 Å². The smallest absolute Gasteiger partial charge is 0.196 e. The van der Waals surface area contributed by atoms with Crippen LogP contribution in [0.15, 0.2) is 21.3 Å². The van der Waals surface area contributed by atoms with Gasteiger partial charge in [-0.3, -0.25) is 9.69 Å². The second-order valence-corrected chi connectivity index (χ2v) is 5.87. The molecule has 1 fully saturated rings. The van der Waals surface area contributed by atoms with Crippen LogP contribution in [0.4, 0.5) is 0 Å². The highest BCUT2D eigenvalue weighted by Crippen LogP contribution is 2.29. The fraction of sp³-hybridized carbons (Fsp3) is 0.500. The van der Waals surface area contributed by atoms with E-state index in [9.17, 15) is 9.90 Å². The van der Waals surface area contributed by atoms with Crippen molar-refractivity contribution in [3.05, 3.63) is 39.2 Å². The summed E-state index contributed by atoms with van der Waals surface area (Å²) >= 11 is 0. The monoisotopic (exact) mass is 353 g/mol. The first-order chi connectivity index (χ1) is 11.2. The van der Waals surface area contributed by atoms with Crippen molar-refractivity contribution in [2.24, 2.45) is 0 Å². The van der Waals surface area contributed by atoms with Crippen molar-refractivity contribution in [1.29, 1.82) is 0 Å². The Balaban J connectivity index is 0.00000208. The van der Waals surface area contributed by atoms with E-state index in [4.69, 9.17) is 9.15 Å². The van der Waals surface area contributed by atoms with Gasteiger partial charge in [-0.05, 0) is 18.6 Å². The maximum atomic E-state index is 12.7. The summed E-state index contributed by atoms with van der Waals surface area (Å²) in [6.45, 7) is 7.51. The lowest BCUT2D eigenvalue weighted by molar-refractivity contribution is 0.0339. The molecule has 1 aliphatic rings. The molecule has 0 saturated carbocycles. The number of phenolic OH excluding ortho intramolecular Hbond substituents is 1. The van der Waals surface area contributed by atoms with E-state index in [1.807, 2.05) is 13.8 Å². The molecule has 6 heteroatoms. The molecular weight excluding hydrogens is 330 g/mol. The molecule has 3 rings (SSSR count). The van der Waals surface area contributed by atoms with E-state index < -0.39 is 0 Å². The molecule has 132 valence electrons. The molecule has 1 aromatic carbocycles. The number of aryl methyl sites for hydroxylation is 1. The summed E-state index contributed by atoms with van der Waals surface area (Å²) in [7, 11) is 0. The predicted molar refractivity (Wildman–Crippen MR) is 96.2 cm³/mol. The Hall–Kier alpha value is -1.56. The summed E-state index contributed by atoms with van der Waals surface area (Å²) in [6, 6.07) is 3.26. The first-order valence-electron chi connectivity index (χ1n) is 8.25. The zero-order valence-corrected chi connectivity index (χ0v) is 14.9. The molecule has 2 heterocycles. The third-order valence-electron chi connectivity index (χ3n) is 4.48. The van der Waals surface area contributed by atoms with Gasteiger partial charge in [-0.1, -0.05) is 13.8 Å². The lowest BCUT2D eigenvalue weighted by atomic mass is 10.0. The molecule has 0 bridgehead atoms. The Morgan fingerprint density at radius 3 is 2.46 bits per heavy atom. The Bertz CT molecular complexity index is 766. The van der Waals surface area contributed by atoms with E-state index >= 15 is 0 Å². The molecule has 0 aliphatic carbocycles. The van der Waals surface area contributed by atoms with Crippen LogP contribution in [0.1, 0.15) is 30.7 Å². The quantitative estimate of drug-likeness (QED) is 0.915. The van der Waals surface area contributed by atoms with E-state index in [1.54, 1.807) is 12.1 Å². The van der Waals surface area contributed by atoms with Crippen LogP contribution in [0.25, 0.3) is 11.0 Å². The second kappa shape index (κ2) is 8.01. The van der Waals surface area contributed by atoms with Crippen molar-refractivity contribution >= 4 is 23.4 Å². The van der Waals surface area contributed by atoms with Gasteiger partial charge >= 0.3 is 0 Å². The lowest BCUT2D eigenvalue weighted by Crippen LogP contribution is -2.35. The summed E-state index contributed by atoms with van der Waals surface area (Å²) in [5.41, 5.74) is 1.98. The SMILES string of the molecule is CCc1oc2c(CN3CCOCC3)c(O)ccc2c(=O)c1CC.Cl. The molecule has 0 radical (unpaired) electrons. The Morgan fingerprint density at radius 1 is 1.12 bits per heavy atom. The highest BCUT2D eigenvalue weighted by atomic mass is 35.5. The zero-order valence-electron chi connectivity index (χ0n) is 14.1. The minimum absolute atomic E-state index is 0. The molecule has 2 aromatic rings. The molecule has 5 nitrogen and oxygen atoms in total. The topological polar surface area (TPSA) is 62.9 Å². The van der Waals surface area contributed by atoms with Gasteiger partial charge in [0.25, 0.3) is 0 Å². The van der Waals surface area contributed by atoms with Gasteiger partial charge in [-0.2, -0.15) is 0 Å². The van der Waals surface area contributed by atoms with Crippen LogP contribution in [-0.2, 0) is 24.1 Å². The second-order valence-electron chi connectivity index (χ2n) is 5.87. The van der Waals surface area contributed by atoms with Gasteiger partial charge in [0, 0.05) is 31.6 Å². The molecule has 1 saturated heterocycles.